The molecule has 0 bridgehead atoms. The number of aryl methyl sites for hydroxylation is 1. The number of hydrogen-bond acceptors (Lipinski definition) is 6. The van der Waals surface area contributed by atoms with Gasteiger partial charge in [0.15, 0.2) is 15.9 Å². The first-order chi connectivity index (χ1) is 12.2. The predicted octanol–water partition coefficient (Wildman–Crippen LogP) is 1.58. The number of sulfone groups is 1. The number of carbonyl (C=O) groups is 2. The van der Waals surface area contributed by atoms with Crippen molar-refractivity contribution in [2.45, 2.75) is 39.3 Å². The van der Waals surface area contributed by atoms with Crippen molar-refractivity contribution in [2.24, 2.45) is 0 Å². The van der Waals surface area contributed by atoms with Gasteiger partial charge in [0.05, 0.1) is 24.2 Å². The maximum atomic E-state index is 12.6. The van der Waals surface area contributed by atoms with Crippen LogP contribution in [-0.2, 0) is 19.4 Å². The minimum absolute atomic E-state index is 0.0393. The lowest BCUT2D eigenvalue weighted by Gasteiger charge is -2.29. The Morgan fingerprint density at radius 2 is 2.04 bits per heavy atom. The van der Waals surface area contributed by atoms with Gasteiger partial charge in [-0.25, -0.2) is 13.2 Å². The normalized spacial score (nSPS) is 19.6. The predicted molar refractivity (Wildman–Crippen MR) is 97.1 cm³/mol. The standard InChI is InChI=1S/C18H25NO6S/c1-5-19(15-8-9-26(22,23)11-15)17(20)13(3)25-18(21)14-7-6-12(2)16(10-14)24-4/h6-7,10,13,15H,5,8-9,11H2,1-4H3/t13-,15+/m0/s1. The fourth-order valence-corrected chi connectivity index (χ4v) is 4.81. The summed E-state index contributed by atoms with van der Waals surface area (Å²) in [7, 11) is -1.59. The highest BCUT2D eigenvalue weighted by Gasteiger charge is 2.36. The summed E-state index contributed by atoms with van der Waals surface area (Å²) in [5.74, 6) is -0.410. The van der Waals surface area contributed by atoms with Crippen molar-refractivity contribution in [1.29, 1.82) is 0 Å². The second-order valence-electron chi connectivity index (χ2n) is 6.41. The number of methoxy groups -OCH3 is 1. The van der Waals surface area contributed by atoms with Gasteiger partial charge in [-0.3, -0.25) is 4.79 Å². The van der Waals surface area contributed by atoms with Crippen LogP contribution in [0.25, 0.3) is 0 Å². The van der Waals surface area contributed by atoms with Crippen LogP contribution in [0, 0.1) is 6.92 Å². The topological polar surface area (TPSA) is 90.0 Å². The summed E-state index contributed by atoms with van der Waals surface area (Å²) in [4.78, 5) is 26.5. The Balaban J connectivity index is 2.06. The zero-order valence-corrected chi connectivity index (χ0v) is 16.3. The molecule has 0 N–H and O–H groups in total. The molecule has 0 radical (unpaired) electrons. The van der Waals surface area contributed by atoms with Gasteiger partial charge in [0.1, 0.15) is 5.75 Å². The van der Waals surface area contributed by atoms with E-state index < -0.39 is 21.9 Å². The quantitative estimate of drug-likeness (QED) is 0.693. The second kappa shape index (κ2) is 8.07. The maximum Gasteiger partial charge on any atom is 0.339 e. The van der Waals surface area contributed by atoms with Crippen molar-refractivity contribution in [3.63, 3.8) is 0 Å². The van der Waals surface area contributed by atoms with Crippen LogP contribution >= 0.6 is 0 Å². The Kier molecular flexibility index (Phi) is 6.28. The van der Waals surface area contributed by atoms with E-state index in [0.29, 0.717) is 24.3 Å². The summed E-state index contributed by atoms with van der Waals surface area (Å²) >= 11 is 0. The lowest BCUT2D eigenvalue weighted by atomic mass is 10.1. The summed E-state index contributed by atoms with van der Waals surface area (Å²) < 4.78 is 33.8. The van der Waals surface area contributed by atoms with Crippen molar-refractivity contribution in [3.8, 4) is 5.75 Å². The number of benzene rings is 1. The van der Waals surface area contributed by atoms with Crippen LogP contribution in [0.4, 0.5) is 0 Å². The molecule has 1 heterocycles. The van der Waals surface area contributed by atoms with Crippen LogP contribution < -0.4 is 4.74 Å². The smallest absolute Gasteiger partial charge is 0.339 e. The molecule has 1 fully saturated rings. The summed E-state index contributed by atoms with van der Waals surface area (Å²) in [5, 5.41) is 0. The number of esters is 1. The van der Waals surface area contributed by atoms with Gasteiger partial charge in [0.2, 0.25) is 0 Å². The zero-order valence-electron chi connectivity index (χ0n) is 15.5. The minimum Gasteiger partial charge on any atom is -0.496 e. The molecular formula is C18H25NO6S. The van der Waals surface area contributed by atoms with Crippen LogP contribution in [0.15, 0.2) is 18.2 Å². The van der Waals surface area contributed by atoms with E-state index >= 15 is 0 Å². The Hall–Kier alpha value is -2.09. The van der Waals surface area contributed by atoms with Crippen molar-refractivity contribution in [2.75, 3.05) is 25.2 Å². The summed E-state index contributed by atoms with van der Waals surface area (Å²) in [6, 6.07) is 4.55. The number of nitrogens with zero attached hydrogens (tertiary/aromatic N) is 1. The molecule has 0 spiro atoms. The molecule has 0 aliphatic carbocycles. The molecule has 7 nitrogen and oxygen atoms in total. The van der Waals surface area contributed by atoms with Gasteiger partial charge in [-0.15, -0.1) is 0 Å². The van der Waals surface area contributed by atoms with Crippen LogP contribution in [-0.4, -0.2) is 62.5 Å². The molecule has 1 aromatic rings. The van der Waals surface area contributed by atoms with Gasteiger partial charge >= 0.3 is 5.97 Å². The fraction of sp³-hybridized carbons (Fsp3) is 0.556. The summed E-state index contributed by atoms with van der Waals surface area (Å²) in [5.41, 5.74) is 1.17. The van der Waals surface area contributed by atoms with Crippen molar-refractivity contribution in [1.82, 2.24) is 4.90 Å². The highest BCUT2D eigenvalue weighted by molar-refractivity contribution is 7.91. The average Bonchev–Trinajstić information content (AvgIpc) is 2.95. The first-order valence-electron chi connectivity index (χ1n) is 8.55. The van der Waals surface area contributed by atoms with Gasteiger partial charge in [-0.1, -0.05) is 6.07 Å². The van der Waals surface area contributed by atoms with Gasteiger partial charge in [0, 0.05) is 12.6 Å². The Morgan fingerprint density at radius 1 is 1.35 bits per heavy atom. The molecule has 1 saturated heterocycles. The Morgan fingerprint density at radius 3 is 2.58 bits per heavy atom. The fourth-order valence-electron chi connectivity index (χ4n) is 3.07. The molecule has 2 atom stereocenters. The van der Waals surface area contributed by atoms with E-state index in [2.05, 4.69) is 0 Å². The SMILES string of the molecule is CCN(C(=O)[C@H](C)OC(=O)c1ccc(C)c(OC)c1)[C@@H]1CCS(=O)(=O)C1. The third kappa shape index (κ3) is 4.55. The highest BCUT2D eigenvalue weighted by atomic mass is 32.2. The Labute approximate surface area is 154 Å². The number of likely N-dealkylation sites (N-methyl/N-ethyl adjacent to an activating group) is 1. The van der Waals surface area contributed by atoms with Gasteiger partial charge < -0.3 is 14.4 Å². The zero-order chi connectivity index (χ0) is 19.5. The van der Waals surface area contributed by atoms with Gasteiger partial charge in [0.25, 0.3) is 5.91 Å². The number of hydrogen-bond donors (Lipinski definition) is 0. The molecule has 144 valence electrons. The van der Waals surface area contributed by atoms with E-state index in [-0.39, 0.29) is 23.5 Å². The molecule has 1 amide bonds. The van der Waals surface area contributed by atoms with E-state index in [9.17, 15) is 18.0 Å². The van der Waals surface area contributed by atoms with Crippen molar-refractivity contribution >= 4 is 21.7 Å². The van der Waals surface area contributed by atoms with E-state index in [1.54, 1.807) is 25.1 Å². The molecule has 1 aliphatic heterocycles. The summed E-state index contributed by atoms with van der Waals surface area (Å²) in [6.07, 6.45) is -0.587. The maximum absolute atomic E-state index is 12.6. The lowest BCUT2D eigenvalue weighted by molar-refractivity contribution is -0.141. The largest absolute Gasteiger partial charge is 0.496 e. The number of carbonyl (C=O) groups excluding carboxylic acids is 2. The van der Waals surface area contributed by atoms with Crippen LogP contribution in [0.3, 0.4) is 0 Å². The number of rotatable bonds is 6. The van der Waals surface area contributed by atoms with Crippen molar-refractivity contribution in [3.05, 3.63) is 29.3 Å². The molecular weight excluding hydrogens is 358 g/mol. The molecule has 8 heteroatoms. The molecule has 26 heavy (non-hydrogen) atoms. The highest BCUT2D eigenvalue weighted by Crippen LogP contribution is 2.21. The van der Waals surface area contributed by atoms with E-state index in [0.717, 1.165) is 5.56 Å². The van der Waals surface area contributed by atoms with Crippen LogP contribution in [0.5, 0.6) is 5.75 Å². The first-order valence-corrected chi connectivity index (χ1v) is 10.4. The Bertz CT molecular complexity index is 789. The molecule has 1 aliphatic rings. The van der Waals surface area contributed by atoms with E-state index in [4.69, 9.17) is 9.47 Å². The first kappa shape index (κ1) is 20.2. The lowest BCUT2D eigenvalue weighted by Crippen LogP contribution is -2.46. The third-order valence-electron chi connectivity index (χ3n) is 4.55. The molecule has 1 aromatic carbocycles. The summed E-state index contributed by atoms with van der Waals surface area (Å²) in [6.45, 7) is 5.49. The molecule has 2 rings (SSSR count). The second-order valence-corrected chi connectivity index (χ2v) is 8.64. The van der Waals surface area contributed by atoms with E-state index in [1.165, 1.54) is 18.9 Å². The van der Waals surface area contributed by atoms with Gasteiger partial charge in [-0.05, 0) is 44.9 Å². The minimum atomic E-state index is -3.10. The average molecular weight is 383 g/mol. The van der Waals surface area contributed by atoms with Crippen LogP contribution in [0.2, 0.25) is 0 Å². The number of amides is 1. The molecule has 0 saturated carbocycles. The number of ether oxygens (including phenoxy) is 2. The van der Waals surface area contributed by atoms with E-state index in [1.807, 2.05) is 6.92 Å². The van der Waals surface area contributed by atoms with Gasteiger partial charge in [-0.2, -0.15) is 0 Å². The van der Waals surface area contributed by atoms with Crippen LogP contribution in [0.1, 0.15) is 36.2 Å². The monoisotopic (exact) mass is 383 g/mol. The van der Waals surface area contributed by atoms with Crippen molar-refractivity contribution < 1.29 is 27.5 Å². The molecule has 0 unspecified atom stereocenters. The molecule has 0 aromatic heterocycles. The third-order valence-corrected chi connectivity index (χ3v) is 6.30.